The molecular formula is C18H25NO5S2. The third-order valence-corrected chi connectivity index (χ3v) is 6.05. The molecule has 2 rings (SSSR count). The van der Waals surface area contributed by atoms with Crippen molar-refractivity contribution in [2.45, 2.75) is 52.1 Å². The van der Waals surface area contributed by atoms with Gasteiger partial charge in [-0.05, 0) is 45.1 Å². The monoisotopic (exact) mass is 399 g/mol. The molecule has 26 heavy (non-hydrogen) atoms. The number of thiophene rings is 1. The SMILES string of the molecule is COC(=O)CCSCC(=O)Nc1sc2c(c1C(=O)OC(C)C)CCCC2. The zero-order valence-corrected chi connectivity index (χ0v) is 17.0. The number of hydrogen-bond donors (Lipinski definition) is 1. The molecule has 1 aliphatic rings. The van der Waals surface area contributed by atoms with Crippen molar-refractivity contribution < 1.29 is 23.9 Å². The molecule has 1 aromatic rings. The van der Waals surface area contributed by atoms with E-state index in [1.54, 1.807) is 0 Å². The summed E-state index contributed by atoms with van der Waals surface area (Å²) in [6, 6.07) is 0. The van der Waals surface area contributed by atoms with Crippen molar-refractivity contribution in [1.82, 2.24) is 0 Å². The highest BCUT2D eigenvalue weighted by atomic mass is 32.2. The average molecular weight is 400 g/mol. The second kappa shape index (κ2) is 9.97. The first-order valence-electron chi connectivity index (χ1n) is 8.72. The highest BCUT2D eigenvalue weighted by molar-refractivity contribution is 7.99. The largest absolute Gasteiger partial charge is 0.469 e. The highest BCUT2D eigenvalue weighted by Gasteiger charge is 2.27. The fourth-order valence-electron chi connectivity index (χ4n) is 2.73. The number of anilines is 1. The summed E-state index contributed by atoms with van der Waals surface area (Å²) in [5.74, 6) is -0.103. The number of methoxy groups -OCH3 is 1. The van der Waals surface area contributed by atoms with Crippen molar-refractivity contribution in [3.05, 3.63) is 16.0 Å². The fraction of sp³-hybridized carbons (Fsp3) is 0.611. The van der Waals surface area contributed by atoms with Crippen LogP contribution in [0.15, 0.2) is 0 Å². The maximum atomic E-state index is 12.5. The zero-order chi connectivity index (χ0) is 19.1. The molecule has 0 saturated carbocycles. The van der Waals surface area contributed by atoms with E-state index in [-0.39, 0.29) is 36.1 Å². The summed E-state index contributed by atoms with van der Waals surface area (Å²) in [5.41, 5.74) is 1.55. The molecule has 0 radical (unpaired) electrons. The van der Waals surface area contributed by atoms with E-state index < -0.39 is 0 Å². The van der Waals surface area contributed by atoms with Gasteiger partial charge < -0.3 is 14.8 Å². The molecule has 0 saturated heterocycles. The number of rotatable bonds is 8. The normalized spacial score (nSPS) is 13.2. The topological polar surface area (TPSA) is 81.7 Å². The van der Waals surface area contributed by atoms with Crippen molar-refractivity contribution in [1.29, 1.82) is 0 Å². The number of esters is 2. The van der Waals surface area contributed by atoms with Crippen molar-refractivity contribution in [3.8, 4) is 0 Å². The lowest BCUT2D eigenvalue weighted by atomic mass is 9.95. The third kappa shape index (κ3) is 5.74. The smallest absolute Gasteiger partial charge is 0.341 e. The molecule has 0 unspecified atom stereocenters. The van der Waals surface area contributed by atoms with Crippen LogP contribution in [0.4, 0.5) is 5.00 Å². The van der Waals surface area contributed by atoms with Crippen LogP contribution in [0.25, 0.3) is 0 Å². The van der Waals surface area contributed by atoms with Crippen LogP contribution in [-0.4, -0.2) is 42.6 Å². The maximum Gasteiger partial charge on any atom is 0.341 e. The van der Waals surface area contributed by atoms with Gasteiger partial charge in [-0.15, -0.1) is 11.3 Å². The molecule has 0 aromatic carbocycles. The fourth-order valence-corrected chi connectivity index (χ4v) is 4.73. The second-order valence-corrected chi connectivity index (χ2v) is 8.51. The second-order valence-electron chi connectivity index (χ2n) is 6.30. The molecule has 0 bridgehead atoms. The van der Waals surface area contributed by atoms with Gasteiger partial charge >= 0.3 is 11.9 Å². The Hall–Kier alpha value is -1.54. The van der Waals surface area contributed by atoms with Gasteiger partial charge in [-0.2, -0.15) is 11.8 Å². The zero-order valence-electron chi connectivity index (χ0n) is 15.4. The molecule has 0 spiro atoms. The minimum absolute atomic E-state index is 0.183. The summed E-state index contributed by atoms with van der Waals surface area (Å²) in [7, 11) is 1.34. The van der Waals surface area contributed by atoms with Crippen LogP contribution >= 0.6 is 23.1 Å². The van der Waals surface area contributed by atoms with E-state index in [1.807, 2.05) is 13.8 Å². The standard InChI is InChI=1S/C18H25NO5S2/c1-11(2)24-18(22)16-12-6-4-5-7-13(12)26-17(16)19-14(20)10-25-9-8-15(21)23-3/h11H,4-10H2,1-3H3,(H,19,20). The average Bonchev–Trinajstić information content (AvgIpc) is 2.95. The number of fused-ring (bicyclic) bond motifs is 1. The molecule has 0 aliphatic heterocycles. The Balaban J connectivity index is 2.03. The van der Waals surface area contributed by atoms with Gasteiger partial charge in [0.15, 0.2) is 0 Å². The van der Waals surface area contributed by atoms with Gasteiger partial charge in [-0.3, -0.25) is 9.59 Å². The Morgan fingerprint density at radius 3 is 2.65 bits per heavy atom. The lowest BCUT2D eigenvalue weighted by molar-refractivity contribution is -0.140. The number of ether oxygens (including phenoxy) is 2. The molecule has 8 heteroatoms. The quantitative estimate of drug-likeness (QED) is 0.533. The number of carbonyl (C=O) groups excluding carboxylic acids is 3. The number of aryl methyl sites for hydroxylation is 1. The van der Waals surface area contributed by atoms with Gasteiger partial charge in [0.2, 0.25) is 5.91 Å². The van der Waals surface area contributed by atoms with Gasteiger partial charge in [0.1, 0.15) is 5.00 Å². The number of hydrogen-bond acceptors (Lipinski definition) is 7. The molecule has 1 heterocycles. The molecule has 0 atom stereocenters. The Morgan fingerprint density at radius 2 is 1.96 bits per heavy atom. The molecule has 144 valence electrons. The van der Waals surface area contributed by atoms with Gasteiger partial charge in [0, 0.05) is 10.6 Å². The number of carbonyl (C=O) groups is 3. The molecule has 1 amide bonds. The first kappa shape index (κ1) is 20.8. The summed E-state index contributed by atoms with van der Waals surface area (Å²) in [6.07, 6.45) is 3.99. The molecule has 1 aromatic heterocycles. The van der Waals surface area contributed by atoms with Crippen molar-refractivity contribution >= 4 is 45.9 Å². The predicted octanol–water partition coefficient (Wildman–Crippen LogP) is 3.43. The van der Waals surface area contributed by atoms with E-state index in [0.29, 0.717) is 16.3 Å². The van der Waals surface area contributed by atoms with E-state index in [0.717, 1.165) is 31.2 Å². The lowest BCUT2D eigenvalue weighted by Crippen LogP contribution is -2.19. The van der Waals surface area contributed by atoms with Crippen LogP contribution in [0, 0.1) is 0 Å². The Labute approximate surface area is 162 Å². The van der Waals surface area contributed by atoms with Gasteiger partial charge in [-0.25, -0.2) is 4.79 Å². The van der Waals surface area contributed by atoms with E-state index in [1.165, 1.54) is 35.1 Å². The first-order chi connectivity index (χ1) is 12.4. The summed E-state index contributed by atoms with van der Waals surface area (Å²) >= 11 is 2.84. The van der Waals surface area contributed by atoms with E-state index in [9.17, 15) is 14.4 Å². The van der Waals surface area contributed by atoms with Crippen LogP contribution in [0.5, 0.6) is 0 Å². The van der Waals surface area contributed by atoms with Crippen LogP contribution in [0.3, 0.4) is 0 Å². The number of amides is 1. The maximum absolute atomic E-state index is 12.5. The predicted molar refractivity (Wildman–Crippen MR) is 104 cm³/mol. The van der Waals surface area contributed by atoms with E-state index >= 15 is 0 Å². The van der Waals surface area contributed by atoms with Crippen LogP contribution in [0.2, 0.25) is 0 Å². The van der Waals surface area contributed by atoms with Crippen molar-refractivity contribution in [2.75, 3.05) is 23.9 Å². The number of thioether (sulfide) groups is 1. The van der Waals surface area contributed by atoms with Crippen LogP contribution < -0.4 is 5.32 Å². The molecular weight excluding hydrogens is 374 g/mol. The Morgan fingerprint density at radius 1 is 1.23 bits per heavy atom. The summed E-state index contributed by atoms with van der Waals surface area (Å²) in [5, 5.41) is 3.45. The van der Waals surface area contributed by atoms with E-state index in [4.69, 9.17) is 4.74 Å². The summed E-state index contributed by atoms with van der Waals surface area (Å²) in [4.78, 5) is 37.0. The van der Waals surface area contributed by atoms with Gasteiger partial charge in [0.25, 0.3) is 0 Å². The number of nitrogens with one attached hydrogen (secondary N) is 1. The molecule has 6 nitrogen and oxygen atoms in total. The Bertz CT molecular complexity index is 669. The van der Waals surface area contributed by atoms with E-state index in [2.05, 4.69) is 10.1 Å². The van der Waals surface area contributed by atoms with Crippen LogP contribution in [0.1, 0.15) is 53.9 Å². The minimum atomic E-state index is -0.368. The highest BCUT2D eigenvalue weighted by Crippen LogP contribution is 2.38. The molecule has 1 N–H and O–H groups in total. The van der Waals surface area contributed by atoms with Gasteiger partial charge in [0.05, 0.1) is 31.0 Å². The van der Waals surface area contributed by atoms with Crippen molar-refractivity contribution in [3.63, 3.8) is 0 Å². The summed E-state index contributed by atoms with van der Waals surface area (Å²) in [6.45, 7) is 3.62. The van der Waals surface area contributed by atoms with Crippen molar-refractivity contribution in [2.24, 2.45) is 0 Å². The Kier molecular flexibility index (Phi) is 7.96. The van der Waals surface area contributed by atoms with Gasteiger partial charge in [-0.1, -0.05) is 0 Å². The summed E-state index contributed by atoms with van der Waals surface area (Å²) < 4.78 is 9.95. The third-order valence-electron chi connectivity index (χ3n) is 3.88. The first-order valence-corrected chi connectivity index (χ1v) is 10.7. The molecule has 0 fully saturated rings. The lowest BCUT2D eigenvalue weighted by Gasteiger charge is -2.14. The van der Waals surface area contributed by atoms with Crippen LogP contribution in [-0.2, 0) is 31.9 Å². The minimum Gasteiger partial charge on any atom is -0.469 e. The molecule has 1 aliphatic carbocycles.